The number of ether oxygens (including phenoxy) is 1. The van der Waals surface area contributed by atoms with Crippen molar-refractivity contribution >= 4 is 5.91 Å². The van der Waals surface area contributed by atoms with Crippen LogP contribution in [0.2, 0.25) is 0 Å². The monoisotopic (exact) mass is 368 g/mol. The molecule has 1 fully saturated rings. The quantitative estimate of drug-likeness (QED) is 0.750. The van der Waals surface area contributed by atoms with E-state index in [1.165, 1.54) is 23.8 Å². The summed E-state index contributed by atoms with van der Waals surface area (Å²) < 4.78 is 4.98. The van der Waals surface area contributed by atoms with Crippen molar-refractivity contribution < 1.29 is 14.6 Å². The minimum Gasteiger partial charge on any atom is -0.395 e. The number of amides is 1. The first-order valence-electron chi connectivity index (χ1n) is 9.47. The van der Waals surface area contributed by atoms with Gasteiger partial charge in [0.05, 0.1) is 6.61 Å². The van der Waals surface area contributed by atoms with E-state index in [-0.39, 0.29) is 37.1 Å². The summed E-state index contributed by atoms with van der Waals surface area (Å²) in [6.07, 6.45) is 0. The van der Waals surface area contributed by atoms with Crippen LogP contribution in [0.3, 0.4) is 0 Å². The lowest BCUT2D eigenvalue weighted by molar-refractivity contribution is -0.135. The number of aliphatic hydroxyl groups is 1. The van der Waals surface area contributed by atoms with Crippen LogP contribution in [0.25, 0.3) is 11.1 Å². The second kappa shape index (κ2) is 9.13. The minimum atomic E-state index is -0.00701. The number of rotatable bonds is 8. The van der Waals surface area contributed by atoms with E-state index in [1.54, 1.807) is 4.90 Å². The molecule has 5 heteroatoms. The van der Waals surface area contributed by atoms with Crippen LogP contribution >= 0.6 is 0 Å². The Hall–Kier alpha value is -2.21. The van der Waals surface area contributed by atoms with Gasteiger partial charge in [-0.2, -0.15) is 0 Å². The van der Waals surface area contributed by atoms with Gasteiger partial charge in [0, 0.05) is 38.2 Å². The van der Waals surface area contributed by atoms with E-state index in [0.717, 1.165) is 0 Å². The fourth-order valence-electron chi connectivity index (χ4n) is 3.83. The first-order chi connectivity index (χ1) is 13.2. The Morgan fingerprint density at radius 3 is 2.33 bits per heavy atom. The highest BCUT2D eigenvalue weighted by molar-refractivity contribution is 5.77. The number of nitrogens with zero attached hydrogens (tertiary/aromatic N) is 1. The number of carbonyl (C=O) groups is 1. The maximum atomic E-state index is 12.2. The van der Waals surface area contributed by atoms with E-state index >= 15 is 0 Å². The third-order valence-electron chi connectivity index (χ3n) is 5.31. The molecule has 2 aromatic carbocycles. The molecule has 0 bridgehead atoms. The number of hydrogen-bond donors (Lipinski definition) is 2. The number of aliphatic hydroxyl groups excluding tert-OH is 1. The van der Waals surface area contributed by atoms with Crippen LogP contribution in [0, 0.1) is 0 Å². The fraction of sp³-hybridized carbons (Fsp3) is 0.409. The van der Waals surface area contributed by atoms with Gasteiger partial charge in [0.2, 0.25) is 5.91 Å². The Morgan fingerprint density at radius 2 is 1.74 bits per heavy atom. The molecule has 1 heterocycles. The molecule has 27 heavy (non-hydrogen) atoms. The molecule has 0 aromatic heterocycles. The molecule has 3 atom stereocenters. The van der Waals surface area contributed by atoms with Crippen molar-refractivity contribution in [1.29, 1.82) is 0 Å². The second-order valence-electron chi connectivity index (χ2n) is 6.94. The summed E-state index contributed by atoms with van der Waals surface area (Å²) in [7, 11) is 1.53. The van der Waals surface area contributed by atoms with Crippen LogP contribution in [-0.2, 0) is 9.53 Å². The number of benzene rings is 2. The maximum absolute atomic E-state index is 12.2. The van der Waals surface area contributed by atoms with Crippen molar-refractivity contribution in [2.24, 2.45) is 0 Å². The summed E-state index contributed by atoms with van der Waals surface area (Å²) in [4.78, 5) is 14.0. The van der Waals surface area contributed by atoms with Gasteiger partial charge in [-0.05, 0) is 23.6 Å². The van der Waals surface area contributed by atoms with Crippen molar-refractivity contribution in [1.82, 2.24) is 10.2 Å². The van der Waals surface area contributed by atoms with Crippen molar-refractivity contribution in [3.63, 3.8) is 0 Å². The van der Waals surface area contributed by atoms with E-state index in [4.69, 9.17) is 4.74 Å². The van der Waals surface area contributed by atoms with E-state index < -0.39 is 0 Å². The van der Waals surface area contributed by atoms with Crippen molar-refractivity contribution in [2.75, 3.05) is 33.4 Å². The zero-order valence-corrected chi connectivity index (χ0v) is 16.0. The summed E-state index contributed by atoms with van der Waals surface area (Å²) in [6, 6.07) is 19.0. The molecule has 0 spiro atoms. The summed E-state index contributed by atoms with van der Waals surface area (Å²) in [6.45, 7) is 3.41. The van der Waals surface area contributed by atoms with E-state index in [2.05, 4.69) is 41.7 Å². The fourth-order valence-corrected chi connectivity index (χ4v) is 3.83. The molecular formula is C22H28N2O3. The van der Waals surface area contributed by atoms with Crippen LogP contribution in [0.1, 0.15) is 18.4 Å². The van der Waals surface area contributed by atoms with Crippen LogP contribution < -0.4 is 5.32 Å². The summed E-state index contributed by atoms with van der Waals surface area (Å²) >= 11 is 0. The maximum Gasteiger partial charge on any atom is 0.248 e. The number of hydrogen-bond acceptors (Lipinski definition) is 4. The Balaban J connectivity index is 1.73. The van der Waals surface area contributed by atoms with Gasteiger partial charge in [0.15, 0.2) is 0 Å². The van der Waals surface area contributed by atoms with Crippen molar-refractivity contribution in [3.8, 4) is 11.1 Å². The van der Waals surface area contributed by atoms with Gasteiger partial charge in [-0.1, -0.05) is 54.6 Å². The molecule has 1 saturated heterocycles. The third-order valence-corrected chi connectivity index (χ3v) is 5.31. The number of likely N-dealkylation sites (N-methyl/N-ethyl adjacent to an activating group) is 1. The molecule has 1 amide bonds. The lowest BCUT2D eigenvalue weighted by Crippen LogP contribution is -2.65. The minimum absolute atomic E-state index is 0.00701. The molecule has 2 N–H and O–H groups in total. The molecule has 2 aromatic rings. The van der Waals surface area contributed by atoms with Crippen LogP contribution in [0.4, 0.5) is 0 Å². The van der Waals surface area contributed by atoms with Gasteiger partial charge < -0.3 is 20.1 Å². The Kier molecular flexibility index (Phi) is 6.61. The first-order valence-corrected chi connectivity index (χ1v) is 9.47. The number of methoxy groups -OCH3 is 1. The summed E-state index contributed by atoms with van der Waals surface area (Å²) in [5, 5.41) is 13.1. The second-order valence-corrected chi connectivity index (χ2v) is 6.94. The highest BCUT2D eigenvalue weighted by Crippen LogP contribution is 2.33. The van der Waals surface area contributed by atoms with Gasteiger partial charge >= 0.3 is 0 Å². The Bertz CT molecular complexity index is 733. The number of carbonyl (C=O) groups excluding carboxylic acids is 1. The normalized spacial score (nSPS) is 21.5. The van der Waals surface area contributed by atoms with E-state index in [0.29, 0.717) is 13.1 Å². The third kappa shape index (κ3) is 4.38. The highest BCUT2D eigenvalue weighted by atomic mass is 16.5. The summed E-state index contributed by atoms with van der Waals surface area (Å²) in [5.41, 5.74) is 3.55. The Labute approximate surface area is 161 Å². The summed E-state index contributed by atoms with van der Waals surface area (Å²) in [5.74, 6) is 0.177. The van der Waals surface area contributed by atoms with Crippen molar-refractivity contribution in [3.05, 3.63) is 60.2 Å². The van der Waals surface area contributed by atoms with Crippen molar-refractivity contribution in [2.45, 2.75) is 24.9 Å². The Morgan fingerprint density at radius 1 is 1.07 bits per heavy atom. The standard InChI is InChI=1S/C22H28N2O3/c1-3-24(21(26)15-27-2)13-19-22(20(14-25)23-19)18-11-9-17(10-12-18)16-7-5-4-6-8-16/h4-12,19-20,22-23,25H,3,13-15H2,1-2H3/t19-,20+,22-/m1/s1. The van der Waals surface area contributed by atoms with Gasteiger partial charge in [0.25, 0.3) is 0 Å². The van der Waals surface area contributed by atoms with Crippen LogP contribution in [0.15, 0.2) is 54.6 Å². The largest absolute Gasteiger partial charge is 0.395 e. The molecular weight excluding hydrogens is 340 g/mol. The molecule has 0 unspecified atom stereocenters. The smallest absolute Gasteiger partial charge is 0.248 e. The molecule has 1 aliphatic rings. The predicted molar refractivity (Wildman–Crippen MR) is 107 cm³/mol. The molecule has 5 nitrogen and oxygen atoms in total. The molecule has 1 aliphatic heterocycles. The zero-order valence-electron chi connectivity index (χ0n) is 16.0. The molecule has 0 saturated carbocycles. The topological polar surface area (TPSA) is 61.8 Å². The highest BCUT2D eigenvalue weighted by Gasteiger charge is 2.41. The lowest BCUT2D eigenvalue weighted by Gasteiger charge is -2.47. The van der Waals surface area contributed by atoms with Gasteiger partial charge in [-0.3, -0.25) is 4.79 Å². The molecule has 144 valence electrons. The average Bonchev–Trinajstić information content (AvgIpc) is 2.69. The number of nitrogens with one attached hydrogen (secondary N) is 1. The van der Waals surface area contributed by atoms with E-state index in [9.17, 15) is 9.90 Å². The van der Waals surface area contributed by atoms with Gasteiger partial charge in [-0.15, -0.1) is 0 Å². The van der Waals surface area contributed by atoms with E-state index in [1.807, 2.05) is 25.1 Å². The molecule has 0 aliphatic carbocycles. The average molecular weight is 368 g/mol. The lowest BCUT2D eigenvalue weighted by atomic mass is 9.77. The zero-order chi connectivity index (χ0) is 19.2. The molecule has 0 radical (unpaired) electrons. The van der Waals surface area contributed by atoms with Crippen LogP contribution in [-0.4, -0.2) is 61.4 Å². The van der Waals surface area contributed by atoms with Crippen LogP contribution in [0.5, 0.6) is 0 Å². The first kappa shape index (κ1) is 19.5. The van der Waals surface area contributed by atoms with Gasteiger partial charge in [-0.25, -0.2) is 0 Å². The predicted octanol–water partition coefficient (Wildman–Crippen LogP) is 2.26. The van der Waals surface area contributed by atoms with Gasteiger partial charge in [0.1, 0.15) is 6.61 Å². The molecule has 3 rings (SSSR count). The SMILES string of the molecule is CCN(C[C@H]1N[C@@H](CO)[C@@H]1c1ccc(-c2ccccc2)cc1)C(=O)COC.